The Balaban J connectivity index is 2.11. The van der Waals surface area contributed by atoms with E-state index in [4.69, 9.17) is 0 Å². The Morgan fingerprint density at radius 2 is 1.94 bits per heavy atom. The first-order valence-corrected chi connectivity index (χ1v) is 5.87. The Hall–Kier alpha value is -2.48. The van der Waals surface area contributed by atoms with Crippen LogP contribution in [0, 0.1) is 0 Å². The number of hydrogen-bond acceptors (Lipinski definition) is 2. The van der Waals surface area contributed by atoms with Crippen LogP contribution in [0.4, 0.5) is 0 Å². The van der Waals surface area contributed by atoms with Crippen molar-refractivity contribution in [3.8, 4) is 0 Å². The Morgan fingerprint density at radius 1 is 1.06 bits per heavy atom. The third-order valence-corrected chi connectivity index (χ3v) is 3.45. The van der Waals surface area contributed by atoms with Gasteiger partial charge in [-0.25, -0.2) is 0 Å². The van der Waals surface area contributed by atoms with E-state index in [1.165, 1.54) is 0 Å². The van der Waals surface area contributed by atoms with E-state index in [1.807, 2.05) is 36.5 Å². The van der Waals surface area contributed by atoms with Gasteiger partial charge in [-0.15, -0.1) is 0 Å². The predicted octanol–water partition coefficient (Wildman–Crippen LogP) is 3.15. The lowest BCUT2D eigenvalue weighted by atomic mass is 9.99. The van der Waals surface area contributed by atoms with Crippen molar-refractivity contribution >= 4 is 28.2 Å². The van der Waals surface area contributed by atoms with Crippen LogP contribution in [0.3, 0.4) is 0 Å². The number of hydrogen-bond donors (Lipinski definition) is 0. The average Bonchev–Trinajstić information content (AvgIpc) is 2.79. The van der Waals surface area contributed by atoms with Crippen molar-refractivity contribution in [2.75, 3.05) is 0 Å². The summed E-state index contributed by atoms with van der Waals surface area (Å²) in [5.41, 5.74) is 3.69. The van der Waals surface area contributed by atoms with Crippen LogP contribution in [0.5, 0.6) is 0 Å². The lowest BCUT2D eigenvalue weighted by molar-refractivity contribution is -0.110. The molecule has 2 aliphatic rings. The maximum Gasteiger partial charge on any atom is 0.186 e. The lowest BCUT2D eigenvalue weighted by Gasteiger charge is -2.07. The van der Waals surface area contributed by atoms with Crippen LogP contribution in [-0.4, -0.2) is 10.8 Å². The van der Waals surface area contributed by atoms with E-state index in [9.17, 15) is 4.79 Å². The van der Waals surface area contributed by atoms with Crippen molar-refractivity contribution in [3.63, 3.8) is 0 Å². The summed E-state index contributed by atoms with van der Waals surface area (Å²) >= 11 is 0. The highest BCUT2D eigenvalue weighted by atomic mass is 16.1. The number of rotatable bonds is 0. The number of benzene rings is 1. The molecule has 1 aromatic heterocycles. The van der Waals surface area contributed by atoms with E-state index in [0.29, 0.717) is 0 Å². The van der Waals surface area contributed by atoms with Gasteiger partial charge in [0.1, 0.15) is 0 Å². The second-order valence-electron chi connectivity index (χ2n) is 4.47. The Morgan fingerprint density at radius 3 is 2.89 bits per heavy atom. The molecule has 0 amide bonds. The van der Waals surface area contributed by atoms with Crippen molar-refractivity contribution in [1.29, 1.82) is 0 Å². The zero-order valence-corrected chi connectivity index (χ0v) is 9.55. The van der Waals surface area contributed by atoms with Gasteiger partial charge in [-0.1, -0.05) is 36.4 Å². The minimum atomic E-state index is 0.0644. The Kier molecular flexibility index (Phi) is 1.73. The number of carbonyl (C=O) groups is 1. The topological polar surface area (TPSA) is 30.0 Å². The van der Waals surface area contributed by atoms with Crippen molar-refractivity contribution in [3.05, 3.63) is 65.5 Å². The van der Waals surface area contributed by atoms with E-state index >= 15 is 0 Å². The zero-order valence-electron chi connectivity index (χ0n) is 9.55. The maximum absolute atomic E-state index is 11.9. The summed E-state index contributed by atoms with van der Waals surface area (Å²) in [7, 11) is 0. The molecule has 2 aromatic rings. The molecule has 0 spiro atoms. The van der Waals surface area contributed by atoms with Gasteiger partial charge in [-0.3, -0.25) is 9.78 Å². The molecule has 1 heterocycles. The van der Waals surface area contributed by atoms with Crippen molar-refractivity contribution < 1.29 is 4.79 Å². The van der Waals surface area contributed by atoms with Crippen LogP contribution in [0.1, 0.15) is 11.3 Å². The van der Waals surface area contributed by atoms with Gasteiger partial charge in [-0.05, 0) is 17.5 Å². The molecule has 0 saturated carbocycles. The first-order valence-electron chi connectivity index (χ1n) is 5.87. The molecule has 1 aromatic carbocycles. The standard InChI is InChI=1S/C16H9NO/c18-15-7-3-6-12-13(15)8-14-11-5-2-1-4-10(11)9-17-16(12)14/h1-9H. The largest absolute Gasteiger partial charge is 0.289 e. The second-order valence-corrected chi connectivity index (χ2v) is 4.47. The Labute approximate surface area is 104 Å². The summed E-state index contributed by atoms with van der Waals surface area (Å²) in [4.78, 5) is 16.4. The van der Waals surface area contributed by atoms with Gasteiger partial charge in [0.15, 0.2) is 5.78 Å². The first kappa shape index (κ1) is 9.54. The number of allylic oxidation sites excluding steroid dienone is 5. The molecule has 0 bridgehead atoms. The van der Waals surface area contributed by atoms with E-state index in [1.54, 1.807) is 12.2 Å². The summed E-state index contributed by atoms with van der Waals surface area (Å²) in [6.45, 7) is 0. The monoisotopic (exact) mass is 231 g/mol. The highest BCUT2D eigenvalue weighted by Gasteiger charge is 2.26. The highest BCUT2D eigenvalue weighted by Crippen LogP contribution is 2.39. The fraction of sp³-hybridized carbons (Fsp3) is 0. The minimum absolute atomic E-state index is 0.0644. The Bertz CT molecular complexity index is 794. The lowest BCUT2D eigenvalue weighted by Crippen LogP contribution is -2.01. The summed E-state index contributed by atoms with van der Waals surface area (Å²) < 4.78 is 0. The first-order chi connectivity index (χ1) is 8.84. The summed E-state index contributed by atoms with van der Waals surface area (Å²) in [6.07, 6.45) is 9.18. The molecule has 4 rings (SSSR count). The quantitative estimate of drug-likeness (QED) is 0.697. The molecule has 2 heteroatoms. The molecule has 0 atom stereocenters. The van der Waals surface area contributed by atoms with Gasteiger partial charge in [0.05, 0.1) is 5.69 Å². The van der Waals surface area contributed by atoms with Crippen LogP contribution in [0.15, 0.2) is 54.3 Å². The number of nitrogens with zero attached hydrogens (tertiary/aromatic N) is 1. The summed E-state index contributed by atoms with van der Waals surface area (Å²) in [5, 5.41) is 2.26. The molecule has 18 heavy (non-hydrogen) atoms. The van der Waals surface area contributed by atoms with Gasteiger partial charge in [0, 0.05) is 28.3 Å². The number of fused-ring (bicyclic) bond motifs is 5. The van der Waals surface area contributed by atoms with E-state index in [-0.39, 0.29) is 5.78 Å². The number of pyridine rings is 1. The molecule has 2 aliphatic carbocycles. The maximum atomic E-state index is 11.9. The van der Waals surface area contributed by atoms with Crippen LogP contribution < -0.4 is 0 Å². The van der Waals surface area contributed by atoms with Crippen LogP contribution in [0.25, 0.3) is 22.4 Å². The minimum Gasteiger partial charge on any atom is -0.289 e. The van der Waals surface area contributed by atoms with Gasteiger partial charge >= 0.3 is 0 Å². The predicted molar refractivity (Wildman–Crippen MR) is 71.8 cm³/mol. The zero-order chi connectivity index (χ0) is 12.1. The molecule has 0 radical (unpaired) electrons. The van der Waals surface area contributed by atoms with Gasteiger partial charge in [-0.2, -0.15) is 0 Å². The van der Waals surface area contributed by atoms with Crippen molar-refractivity contribution in [1.82, 2.24) is 4.98 Å². The molecule has 0 N–H and O–H groups in total. The molecule has 0 saturated heterocycles. The SMILES string of the molecule is O=C1C=CC=C2C1=Cc1c2ncc2ccccc12. The van der Waals surface area contributed by atoms with Crippen LogP contribution in [-0.2, 0) is 4.79 Å². The van der Waals surface area contributed by atoms with E-state index < -0.39 is 0 Å². The fourth-order valence-corrected chi connectivity index (χ4v) is 2.59. The third-order valence-electron chi connectivity index (χ3n) is 3.45. The highest BCUT2D eigenvalue weighted by molar-refractivity contribution is 6.24. The smallest absolute Gasteiger partial charge is 0.186 e. The number of ketones is 1. The van der Waals surface area contributed by atoms with Crippen molar-refractivity contribution in [2.45, 2.75) is 0 Å². The molecule has 0 unspecified atom stereocenters. The third kappa shape index (κ3) is 1.12. The van der Waals surface area contributed by atoms with Crippen molar-refractivity contribution in [2.24, 2.45) is 0 Å². The van der Waals surface area contributed by atoms with Gasteiger partial charge < -0.3 is 0 Å². The summed E-state index contributed by atoms with van der Waals surface area (Å²) in [5.74, 6) is 0.0644. The normalized spacial score (nSPS) is 16.3. The number of carbonyl (C=O) groups excluding carboxylic acids is 1. The molecule has 0 fully saturated rings. The van der Waals surface area contributed by atoms with E-state index in [2.05, 4.69) is 11.1 Å². The molecular formula is C16H9NO. The molecule has 0 aliphatic heterocycles. The van der Waals surface area contributed by atoms with Crippen LogP contribution >= 0.6 is 0 Å². The molecule has 84 valence electrons. The van der Waals surface area contributed by atoms with Crippen LogP contribution in [0.2, 0.25) is 0 Å². The van der Waals surface area contributed by atoms with E-state index in [0.717, 1.165) is 33.2 Å². The summed E-state index contributed by atoms with van der Waals surface area (Å²) in [6, 6.07) is 8.12. The van der Waals surface area contributed by atoms with Gasteiger partial charge in [0.25, 0.3) is 0 Å². The fourth-order valence-electron chi connectivity index (χ4n) is 2.59. The number of aromatic nitrogens is 1. The van der Waals surface area contributed by atoms with Gasteiger partial charge in [0.2, 0.25) is 0 Å². The second kappa shape index (κ2) is 3.26. The average molecular weight is 231 g/mol. The molecular weight excluding hydrogens is 222 g/mol. The molecule has 2 nitrogen and oxygen atoms in total.